The minimum atomic E-state index is -0.434. The fourth-order valence-electron chi connectivity index (χ4n) is 4.60. The van der Waals surface area contributed by atoms with Crippen LogP contribution in [0.3, 0.4) is 0 Å². The average molecular weight is 540 g/mol. The van der Waals surface area contributed by atoms with Gasteiger partial charge in [0.25, 0.3) is 11.6 Å². The van der Waals surface area contributed by atoms with Gasteiger partial charge in [0.1, 0.15) is 11.5 Å². The van der Waals surface area contributed by atoms with Crippen LogP contribution in [0.2, 0.25) is 0 Å². The summed E-state index contributed by atoms with van der Waals surface area (Å²) in [5.41, 5.74) is 0.662. The third-order valence-electron chi connectivity index (χ3n) is 6.62. The van der Waals surface area contributed by atoms with Crippen molar-refractivity contribution in [3.8, 4) is 11.5 Å². The van der Waals surface area contributed by atoms with Gasteiger partial charge in [0.05, 0.1) is 28.7 Å². The average Bonchev–Trinajstić information content (AvgIpc) is 3.55. The number of hydrogen-bond donors (Lipinski definition) is 0. The maximum absolute atomic E-state index is 13.1. The van der Waals surface area contributed by atoms with E-state index in [9.17, 15) is 19.7 Å². The van der Waals surface area contributed by atoms with E-state index < -0.39 is 4.92 Å². The molecule has 37 heavy (non-hydrogen) atoms. The van der Waals surface area contributed by atoms with E-state index in [0.717, 1.165) is 20.5 Å². The van der Waals surface area contributed by atoms with Crippen LogP contribution in [-0.4, -0.2) is 73.4 Å². The zero-order valence-electron chi connectivity index (χ0n) is 20.4. The number of non-ortho nitro benzene ring substituents is 1. The first-order valence-electron chi connectivity index (χ1n) is 11.7. The van der Waals surface area contributed by atoms with Gasteiger partial charge in [-0.3, -0.25) is 24.6 Å². The zero-order chi connectivity index (χ0) is 26.1. The first-order valence-corrected chi connectivity index (χ1v) is 13.4. The Labute approximate surface area is 220 Å². The lowest BCUT2D eigenvalue weighted by Crippen LogP contribution is -2.48. The van der Waals surface area contributed by atoms with Gasteiger partial charge in [-0.15, -0.1) is 22.7 Å². The Morgan fingerprint density at radius 3 is 2.46 bits per heavy atom. The van der Waals surface area contributed by atoms with Crippen molar-refractivity contribution in [2.75, 3.05) is 46.9 Å². The number of piperazine rings is 1. The van der Waals surface area contributed by atoms with Gasteiger partial charge in [-0.2, -0.15) is 0 Å². The molecule has 4 aromatic rings. The highest BCUT2D eigenvalue weighted by molar-refractivity contribution is 7.20. The summed E-state index contributed by atoms with van der Waals surface area (Å²) in [6.07, 6.45) is 0.370. The molecule has 0 spiro atoms. The molecule has 2 aromatic heterocycles. The summed E-state index contributed by atoms with van der Waals surface area (Å²) in [6.45, 7) is 3.09. The molecule has 0 radical (unpaired) electrons. The summed E-state index contributed by atoms with van der Waals surface area (Å²) in [4.78, 5) is 41.4. The number of rotatable bonds is 8. The Hall–Kier alpha value is -3.54. The smallest absolute Gasteiger partial charge is 0.270 e. The van der Waals surface area contributed by atoms with Crippen LogP contribution in [0.5, 0.6) is 11.5 Å². The van der Waals surface area contributed by atoms with Gasteiger partial charge >= 0.3 is 0 Å². The number of thiophene rings is 2. The highest BCUT2D eigenvalue weighted by Crippen LogP contribution is 2.40. The van der Waals surface area contributed by atoms with Gasteiger partial charge in [0.2, 0.25) is 0 Å². The Bertz CT molecular complexity index is 1500. The largest absolute Gasteiger partial charge is 0.496 e. The van der Waals surface area contributed by atoms with Crippen molar-refractivity contribution in [3.05, 3.63) is 62.3 Å². The van der Waals surface area contributed by atoms with Crippen LogP contribution in [0.4, 0.5) is 5.69 Å². The molecule has 1 amide bonds. The summed E-state index contributed by atoms with van der Waals surface area (Å²) in [5.74, 6) is 1.36. The second kappa shape index (κ2) is 10.4. The van der Waals surface area contributed by atoms with Crippen LogP contribution < -0.4 is 9.47 Å². The molecular weight excluding hydrogens is 514 g/mol. The van der Waals surface area contributed by atoms with Crippen molar-refractivity contribution in [1.82, 2.24) is 9.80 Å². The SMILES string of the molecule is COc1ccc(OC)c2c(C(=O)CCN3CCN(C(=O)c4cc5cc([N+](=O)[O-])ccc5s4)CC3)csc12. The number of Topliss-reactive ketones (excluding diaryl/α,β-unsaturated/α-hetero) is 1. The highest BCUT2D eigenvalue weighted by atomic mass is 32.1. The van der Waals surface area contributed by atoms with Crippen LogP contribution in [-0.2, 0) is 0 Å². The van der Waals surface area contributed by atoms with Crippen molar-refractivity contribution >= 4 is 60.2 Å². The van der Waals surface area contributed by atoms with E-state index in [-0.39, 0.29) is 17.4 Å². The molecule has 0 aliphatic carbocycles. The summed E-state index contributed by atoms with van der Waals surface area (Å²) in [5, 5.41) is 14.4. The van der Waals surface area contributed by atoms with Crippen molar-refractivity contribution in [2.45, 2.75) is 6.42 Å². The van der Waals surface area contributed by atoms with Gasteiger partial charge in [-0.05, 0) is 24.3 Å². The fraction of sp³-hybridized carbons (Fsp3) is 0.308. The molecule has 0 unspecified atom stereocenters. The third-order valence-corrected chi connectivity index (χ3v) is 8.72. The first-order chi connectivity index (χ1) is 17.9. The topological polar surface area (TPSA) is 102 Å². The zero-order valence-corrected chi connectivity index (χ0v) is 22.0. The lowest BCUT2D eigenvalue weighted by atomic mass is 10.1. The van der Waals surface area contributed by atoms with Gasteiger partial charge in [0.15, 0.2) is 5.78 Å². The molecule has 0 atom stereocenters. The molecule has 2 aromatic carbocycles. The molecule has 5 rings (SSSR count). The molecular formula is C26H25N3O6S2. The molecule has 9 nitrogen and oxygen atoms in total. The van der Waals surface area contributed by atoms with E-state index in [4.69, 9.17) is 9.47 Å². The maximum Gasteiger partial charge on any atom is 0.270 e. The second-order valence-electron chi connectivity index (χ2n) is 8.72. The number of carbonyl (C=O) groups is 2. The van der Waals surface area contributed by atoms with E-state index in [1.54, 1.807) is 31.3 Å². The summed E-state index contributed by atoms with van der Waals surface area (Å²) < 4.78 is 12.7. The molecule has 0 saturated carbocycles. The number of carbonyl (C=O) groups excluding carboxylic acids is 2. The first kappa shape index (κ1) is 25.1. The molecule has 1 fully saturated rings. The van der Waals surface area contributed by atoms with E-state index in [1.807, 2.05) is 17.5 Å². The van der Waals surface area contributed by atoms with Crippen molar-refractivity contribution in [1.29, 1.82) is 0 Å². The van der Waals surface area contributed by atoms with E-state index in [1.165, 1.54) is 34.8 Å². The Kier molecular flexibility index (Phi) is 7.09. The molecule has 1 aliphatic heterocycles. The van der Waals surface area contributed by atoms with Crippen LogP contribution in [0.25, 0.3) is 20.2 Å². The lowest BCUT2D eigenvalue weighted by molar-refractivity contribution is -0.384. The molecule has 0 bridgehead atoms. The summed E-state index contributed by atoms with van der Waals surface area (Å²) >= 11 is 2.82. The predicted octanol–water partition coefficient (Wildman–Crippen LogP) is 5.07. The molecule has 1 saturated heterocycles. The molecule has 1 aliphatic rings. The Morgan fingerprint density at radius 1 is 1.03 bits per heavy atom. The number of methoxy groups -OCH3 is 2. The van der Waals surface area contributed by atoms with Crippen molar-refractivity contribution < 1.29 is 24.0 Å². The maximum atomic E-state index is 13.1. The van der Waals surface area contributed by atoms with Crippen molar-refractivity contribution in [3.63, 3.8) is 0 Å². The highest BCUT2D eigenvalue weighted by Gasteiger charge is 2.25. The van der Waals surface area contributed by atoms with Crippen LogP contribution in [0.15, 0.2) is 41.8 Å². The van der Waals surface area contributed by atoms with Gasteiger partial charge in [0, 0.05) is 77.7 Å². The second-order valence-corrected chi connectivity index (χ2v) is 10.7. The van der Waals surface area contributed by atoms with Crippen LogP contribution >= 0.6 is 22.7 Å². The molecule has 192 valence electrons. The number of hydrogen-bond acceptors (Lipinski definition) is 9. The number of ketones is 1. The number of nitro benzene ring substituents is 1. The summed E-state index contributed by atoms with van der Waals surface area (Å²) in [7, 11) is 3.20. The molecule has 11 heteroatoms. The molecule has 0 N–H and O–H groups in total. The minimum Gasteiger partial charge on any atom is -0.496 e. The lowest BCUT2D eigenvalue weighted by Gasteiger charge is -2.34. The number of ether oxygens (including phenoxy) is 2. The monoisotopic (exact) mass is 539 g/mol. The summed E-state index contributed by atoms with van der Waals surface area (Å²) in [6, 6.07) is 10.0. The van der Waals surface area contributed by atoms with Gasteiger partial charge < -0.3 is 14.4 Å². The van der Waals surface area contributed by atoms with Crippen molar-refractivity contribution in [2.24, 2.45) is 0 Å². The fourth-order valence-corrected chi connectivity index (χ4v) is 6.70. The van der Waals surface area contributed by atoms with Crippen LogP contribution in [0.1, 0.15) is 26.5 Å². The van der Waals surface area contributed by atoms with E-state index in [0.29, 0.717) is 60.7 Å². The third kappa shape index (κ3) is 4.89. The van der Waals surface area contributed by atoms with Crippen LogP contribution in [0, 0.1) is 10.1 Å². The Balaban J connectivity index is 1.19. The number of nitro groups is 1. The molecule has 3 heterocycles. The van der Waals surface area contributed by atoms with E-state index in [2.05, 4.69) is 4.90 Å². The number of fused-ring (bicyclic) bond motifs is 2. The number of benzene rings is 2. The number of amides is 1. The standard InChI is InChI=1S/C26H25N3O6S2/c1-34-20-4-5-21(35-2)25-24(20)18(15-36-25)19(30)7-8-27-9-11-28(12-10-27)26(31)23-14-16-13-17(29(32)33)3-6-22(16)37-23/h3-6,13-15H,7-12H2,1-2H3. The number of nitrogens with zero attached hydrogens (tertiary/aromatic N) is 3. The Morgan fingerprint density at radius 2 is 1.76 bits per heavy atom. The minimum absolute atomic E-state index is 0.0143. The quantitative estimate of drug-likeness (QED) is 0.175. The van der Waals surface area contributed by atoms with Gasteiger partial charge in [-0.25, -0.2) is 0 Å². The normalized spacial score (nSPS) is 14.3. The predicted molar refractivity (Wildman–Crippen MR) is 145 cm³/mol. The van der Waals surface area contributed by atoms with Gasteiger partial charge in [-0.1, -0.05) is 0 Å². The van der Waals surface area contributed by atoms with E-state index >= 15 is 0 Å².